The molecular formula is C34H45N5O7. The molecule has 2 N–H and O–H groups in total. The first-order valence-electron chi connectivity index (χ1n) is 15.5. The van der Waals surface area contributed by atoms with Crippen molar-refractivity contribution in [3.63, 3.8) is 0 Å². The van der Waals surface area contributed by atoms with Crippen LogP contribution in [-0.2, 0) is 31.9 Å². The Hall–Kier alpha value is -4.16. The van der Waals surface area contributed by atoms with E-state index in [1.165, 1.54) is 26.7 Å². The number of nitrogens with zero attached hydrogens (tertiary/aromatic N) is 3. The Bertz CT molecular complexity index is 1600. The molecule has 0 unspecified atom stereocenters. The van der Waals surface area contributed by atoms with Crippen LogP contribution in [0.5, 0.6) is 11.8 Å². The number of furan rings is 1. The van der Waals surface area contributed by atoms with Gasteiger partial charge < -0.3 is 38.9 Å². The molecule has 0 radical (unpaired) electrons. The van der Waals surface area contributed by atoms with E-state index in [9.17, 15) is 9.59 Å². The van der Waals surface area contributed by atoms with Gasteiger partial charge in [-0.15, -0.1) is 0 Å². The molecular weight excluding hydrogens is 590 g/mol. The van der Waals surface area contributed by atoms with Crippen LogP contribution in [0.4, 0.5) is 11.6 Å². The topological polar surface area (TPSA) is 137 Å². The Morgan fingerprint density at radius 2 is 1.59 bits per heavy atom. The summed E-state index contributed by atoms with van der Waals surface area (Å²) in [6.07, 6.45) is 1.85. The number of likely N-dealkylation sites (tertiary alicyclic amines) is 1. The minimum absolute atomic E-state index is 0.0981. The van der Waals surface area contributed by atoms with Crippen molar-refractivity contribution in [2.24, 2.45) is 0 Å². The van der Waals surface area contributed by atoms with Gasteiger partial charge in [-0.2, -0.15) is 9.97 Å². The second-order valence-corrected chi connectivity index (χ2v) is 13.2. The van der Waals surface area contributed by atoms with Gasteiger partial charge in [0.1, 0.15) is 11.4 Å². The number of aryl methyl sites for hydroxylation is 1. The van der Waals surface area contributed by atoms with Crippen LogP contribution in [0.25, 0.3) is 0 Å². The molecule has 5 rings (SSSR count). The number of esters is 1. The number of fused-ring (bicyclic) bond motifs is 1. The van der Waals surface area contributed by atoms with Crippen LogP contribution in [0.3, 0.4) is 0 Å². The largest absolute Gasteiger partial charge is 0.479 e. The zero-order valence-corrected chi connectivity index (χ0v) is 28.3. The molecule has 1 fully saturated rings. The number of methoxy groups -OCH3 is 2. The average molecular weight is 636 g/mol. The normalized spacial score (nSPS) is 18.0. The fourth-order valence-corrected chi connectivity index (χ4v) is 6.43. The van der Waals surface area contributed by atoms with Crippen molar-refractivity contribution in [1.29, 1.82) is 0 Å². The summed E-state index contributed by atoms with van der Waals surface area (Å²) in [5.74, 6) is 0.326. The number of carbonyl (C=O) groups is 2. The van der Waals surface area contributed by atoms with E-state index in [1.54, 1.807) is 12.1 Å². The van der Waals surface area contributed by atoms with Gasteiger partial charge >= 0.3 is 5.97 Å². The van der Waals surface area contributed by atoms with Crippen LogP contribution >= 0.6 is 0 Å². The van der Waals surface area contributed by atoms with E-state index in [4.69, 9.17) is 23.4 Å². The number of piperidine rings is 1. The van der Waals surface area contributed by atoms with Gasteiger partial charge in [0.05, 0.1) is 32.0 Å². The summed E-state index contributed by atoms with van der Waals surface area (Å²) in [5.41, 5.74) is 3.28. The van der Waals surface area contributed by atoms with Gasteiger partial charge in [0.15, 0.2) is 11.4 Å². The molecule has 0 saturated carbocycles. The van der Waals surface area contributed by atoms with Gasteiger partial charge in [0.2, 0.25) is 17.7 Å². The molecule has 1 amide bonds. The van der Waals surface area contributed by atoms with E-state index in [0.717, 1.165) is 29.8 Å². The lowest BCUT2D eigenvalue weighted by molar-refractivity contribution is -0.160. The summed E-state index contributed by atoms with van der Waals surface area (Å²) < 4.78 is 29.1. The molecule has 0 atom stereocenters. The predicted octanol–water partition coefficient (Wildman–Crippen LogP) is 5.18. The molecule has 12 nitrogen and oxygen atoms in total. The highest BCUT2D eigenvalue weighted by atomic mass is 16.6. The molecule has 12 heteroatoms. The standard InChI is InChI=1S/C34H45N5O7/c1-20-16-24-25(33(5,6)46-32(24,3)4)18-22(20)17-23-10-11-26(44-23)28(41)36-27-29(42-8)37-31(38-30(27)43-9)35-19-34(45-21(2)40)12-14-39(7)15-13-34/h10-11,16,18H,12-15,17,19H2,1-9H3,(H,36,41)(H,35,37,38). The fourth-order valence-electron chi connectivity index (χ4n) is 6.43. The number of aromatic nitrogens is 2. The van der Waals surface area contributed by atoms with E-state index in [0.29, 0.717) is 31.6 Å². The summed E-state index contributed by atoms with van der Waals surface area (Å²) in [7, 11) is 4.91. The number of rotatable bonds is 10. The second kappa shape index (κ2) is 12.6. The third-order valence-electron chi connectivity index (χ3n) is 8.83. The molecule has 2 aromatic heterocycles. The quantitative estimate of drug-likeness (QED) is 0.285. The molecule has 0 bridgehead atoms. The van der Waals surface area contributed by atoms with Crippen LogP contribution in [0.15, 0.2) is 28.7 Å². The van der Waals surface area contributed by atoms with Crippen LogP contribution in [0.1, 0.15) is 86.0 Å². The summed E-state index contributed by atoms with van der Waals surface area (Å²) in [6, 6.07) is 7.81. The maximum atomic E-state index is 13.3. The summed E-state index contributed by atoms with van der Waals surface area (Å²) in [6.45, 7) is 13.7. The minimum Gasteiger partial charge on any atom is -0.479 e. The Morgan fingerprint density at radius 1 is 0.978 bits per heavy atom. The number of nitrogens with one attached hydrogen (secondary N) is 2. The van der Waals surface area contributed by atoms with E-state index >= 15 is 0 Å². The third-order valence-corrected chi connectivity index (χ3v) is 8.83. The Kier molecular flexibility index (Phi) is 9.07. The SMILES string of the molecule is COc1nc(NCC2(OC(C)=O)CCN(C)CC2)nc(OC)c1NC(=O)c1ccc(Cc2cc3c(cc2C)C(C)(C)OC3(C)C)o1. The van der Waals surface area contributed by atoms with Gasteiger partial charge in [0.25, 0.3) is 5.91 Å². The molecule has 46 heavy (non-hydrogen) atoms. The van der Waals surface area contributed by atoms with E-state index in [-0.39, 0.29) is 40.7 Å². The van der Waals surface area contributed by atoms with Gasteiger partial charge in [-0.25, -0.2) is 0 Å². The van der Waals surface area contributed by atoms with Gasteiger partial charge in [-0.3, -0.25) is 9.59 Å². The van der Waals surface area contributed by atoms with Crippen molar-refractivity contribution < 1.29 is 33.0 Å². The minimum atomic E-state index is -0.690. The van der Waals surface area contributed by atoms with Crippen molar-refractivity contribution in [2.75, 3.05) is 51.5 Å². The molecule has 4 heterocycles. The fraction of sp³-hybridized carbons (Fsp3) is 0.529. The number of amides is 1. The van der Waals surface area contributed by atoms with Crippen molar-refractivity contribution in [3.05, 3.63) is 58.0 Å². The van der Waals surface area contributed by atoms with Crippen LogP contribution in [0, 0.1) is 6.92 Å². The number of carbonyl (C=O) groups excluding carboxylic acids is 2. The molecule has 1 aromatic carbocycles. The van der Waals surface area contributed by atoms with Gasteiger partial charge in [-0.1, -0.05) is 12.1 Å². The Morgan fingerprint density at radius 3 is 2.17 bits per heavy atom. The molecule has 2 aliphatic heterocycles. The van der Waals surface area contributed by atoms with E-state index < -0.39 is 17.1 Å². The third kappa shape index (κ3) is 6.82. The van der Waals surface area contributed by atoms with Gasteiger partial charge in [0, 0.05) is 39.3 Å². The lowest BCUT2D eigenvalue weighted by Gasteiger charge is -2.39. The van der Waals surface area contributed by atoms with Gasteiger partial charge in [-0.05, 0) is 76.1 Å². The molecule has 0 spiro atoms. The predicted molar refractivity (Wildman–Crippen MR) is 173 cm³/mol. The second-order valence-electron chi connectivity index (χ2n) is 13.2. The van der Waals surface area contributed by atoms with Crippen LogP contribution in [0.2, 0.25) is 0 Å². The summed E-state index contributed by atoms with van der Waals surface area (Å²) >= 11 is 0. The maximum absolute atomic E-state index is 13.3. The van der Waals surface area contributed by atoms with Crippen molar-refractivity contribution >= 4 is 23.5 Å². The average Bonchev–Trinajstić information content (AvgIpc) is 3.52. The smallest absolute Gasteiger partial charge is 0.303 e. The number of benzene rings is 1. The summed E-state index contributed by atoms with van der Waals surface area (Å²) in [4.78, 5) is 36.3. The highest BCUT2D eigenvalue weighted by Crippen LogP contribution is 2.47. The van der Waals surface area contributed by atoms with E-state index in [1.807, 2.05) is 7.05 Å². The highest BCUT2D eigenvalue weighted by molar-refractivity contribution is 6.03. The Balaban J connectivity index is 1.31. The van der Waals surface area contributed by atoms with Crippen LogP contribution in [-0.4, -0.2) is 73.2 Å². The van der Waals surface area contributed by atoms with Crippen molar-refractivity contribution in [1.82, 2.24) is 14.9 Å². The van der Waals surface area contributed by atoms with E-state index in [2.05, 4.69) is 72.3 Å². The molecule has 0 aliphatic carbocycles. The highest BCUT2D eigenvalue weighted by Gasteiger charge is 2.43. The van der Waals surface area contributed by atoms with Crippen molar-refractivity contribution in [3.8, 4) is 11.8 Å². The number of hydrogen-bond acceptors (Lipinski definition) is 11. The van der Waals surface area contributed by atoms with Crippen molar-refractivity contribution in [2.45, 2.75) is 77.6 Å². The van der Waals surface area contributed by atoms with Crippen LogP contribution < -0.4 is 20.1 Å². The first-order valence-corrected chi connectivity index (χ1v) is 15.5. The lowest BCUT2D eigenvalue weighted by atomic mass is 9.86. The lowest BCUT2D eigenvalue weighted by Crippen LogP contribution is -2.50. The molecule has 248 valence electrons. The molecule has 1 saturated heterocycles. The first-order chi connectivity index (χ1) is 21.6. The Labute approximate surface area is 270 Å². The first kappa shape index (κ1) is 33.2. The maximum Gasteiger partial charge on any atom is 0.303 e. The number of anilines is 2. The number of hydrogen-bond donors (Lipinski definition) is 2. The summed E-state index contributed by atoms with van der Waals surface area (Å²) in [5, 5.41) is 5.96. The molecule has 2 aliphatic rings. The monoisotopic (exact) mass is 635 g/mol. The number of ether oxygens (including phenoxy) is 4. The zero-order chi connectivity index (χ0) is 33.4. The molecule has 3 aromatic rings. The zero-order valence-electron chi connectivity index (χ0n) is 28.3.